The molecule has 1 heterocycles. The maximum Gasteiger partial charge on any atom is 0.118 e. The van der Waals surface area contributed by atoms with Gasteiger partial charge in [-0.15, -0.1) is 0 Å². The predicted molar refractivity (Wildman–Crippen MR) is 77.2 cm³/mol. The van der Waals surface area contributed by atoms with Crippen LogP contribution in [0.4, 0.5) is 5.69 Å². The van der Waals surface area contributed by atoms with Gasteiger partial charge in [-0.2, -0.15) is 0 Å². The summed E-state index contributed by atoms with van der Waals surface area (Å²) in [7, 11) is 2.06. The third-order valence-electron chi connectivity index (χ3n) is 2.73. The molecule has 0 aliphatic carbocycles. The Morgan fingerprint density at radius 3 is 2.67 bits per heavy atom. The molecule has 0 unspecified atom stereocenters. The first-order chi connectivity index (χ1) is 8.54. The lowest BCUT2D eigenvalue weighted by molar-refractivity contribution is 0.285. The highest BCUT2D eigenvalue weighted by Gasteiger charge is 2.07. The molecule has 0 radical (unpaired) electrons. The average Bonchev–Trinajstić information content (AvgIpc) is 2.69. The van der Waals surface area contributed by atoms with E-state index in [4.69, 9.17) is 10.2 Å². The number of furan rings is 1. The number of aryl methyl sites for hydroxylation is 1. The molecule has 3 nitrogen and oxygen atoms in total. The summed E-state index contributed by atoms with van der Waals surface area (Å²) in [6.07, 6.45) is 0. The zero-order chi connectivity index (χ0) is 13.1. The average molecular weight is 309 g/mol. The molecule has 0 aliphatic rings. The number of benzene rings is 1. The molecular formula is C14H17BrN2O. The highest BCUT2D eigenvalue weighted by Crippen LogP contribution is 2.21. The Morgan fingerprint density at radius 2 is 2.00 bits per heavy atom. The van der Waals surface area contributed by atoms with Crippen LogP contribution in [0.25, 0.3) is 0 Å². The molecule has 0 saturated heterocycles. The Morgan fingerprint density at radius 1 is 1.22 bits per heavy atom. The molecular weight excluding hydrogens is 292 g/mol. The predicted octanol–water partition coefficient (Wildman–Crippen LogP) is 3.56. The second kappa shape index (κ2) is 5.59. The molecule has 0 spiro atoms. The summed E-state index contributed by atoms with van der Waals surface area (Å²) < 4.78 is 6.65. The van der Waals surface area contributed by atoms with E-state index in [9.17, 15) is 0 Å². The van der Waals surface area contributed by atoms with E-state index in [-0.39, 0.29) is 0 Å². The first-order valence-electron chi connectivity index (χ1n) is 5.82. The standard InChI is InChI=1S/C14H17BrN2O/c1-10-3-5-13(18-10)9-17(2)8-11-7-12(16)4-6-14(11)15/h3-7H,8-9,16H2,1-2H3. The third kappa shape index (κ3) is 3.37. The molecule has 2 N–H and O–H groups in total. The van der Waals surface area contributed by atoms with Crippen LogP contribution in [-0.4, -0.2) is 11.9 Å². The zero-order valence-corrected chi connectivity index (χ0v) is 12.2. The van der Waals surface area contributed by atoms with Gasteiger partial charge in [-0.1, -0.05) is 15.9 Å². The first-order valence-corrected chi connectivity index (χ1v) is 6.61. The SMILES string of the molecule is Cc1ccc(CN(C)Cc2cc(N)ccc2Br)o1. The summed E-state index contributed by atoms with van der Waals surface area (Å²) in [6, 6.07) is 9.87. The fourth-order valence-corrected chi connectivity index (χ4v) is 2.27. The van der Waals surface area contributed by atoms with Crippen molar-refractivity contribution >= 4 is 21.6 Å². The van der Waals surface area contributed by atoms with E-state index >= 15 is 0 Å². The van der Waals surface area contributed by atoms with Gasteiger partial charge in [0.2, 0.25) is 0 Å². The van der Waals surface area contributed by atoms with Crippen molar-refractivity contribution in [2.45, 2.75) is 20.0 Å². The lowest BCUT2D eigenvalue weighted by Gasteiger charge is -2.16. The number of nitrogens with two attached hydrogens (primary N) is 1. The monoisotopic (exact) mass is 308 g/mol. The van der Waals surface area contributed by atoms with Gasteiger partial charge in [0.1, 0.15) is 11.5 Å². The molecule has 0 atom stereocenters. The van der Waals surface area contributed by atoms with Crippen LogP contribution in [-0.2, 0) is 13.1 Å². The van der Waals surface area contributed by atoms with Crippen LogP contribution in [0.15, 0.2) is 39.2 Å². The summed E-state index contributed by atoms with van der Waals surface area (Å²) in [4.78, 5) is 2.19. The van der Waals surface area contributed by atoms with Crippen molar-refractivity contribution in [2.24, 2.45) is 0 Å². The Kier molecular flexibility index (Phi) is 4.09. The van der Waals surface area contributed by atoms with E-state index in [1.54, 1.807) is 0 Å². The third-order valence-corrected chi connectivity index (χ3v) is 3.51. The minimum atomic E-state index is 0.787. The number of hydrogen-bond acceptors (Lipinski definition) is 3. The lowest BCUT2D eigenvalue weighted by atomic mass is 10.2. The summed E-state index contributed by atoms with van der Waals surface area (Å²) in [5.74, 6) is 1.93. The molecule has 0 saturated carbocycles. The largest absolute Gasteiger partial charge is 0.465 e. The van der Waals surface area contributed by atoms with Crippen LogP contribution in [0.1, 0.15) is 17.1 Å². The number of halogens is 1. The highest BCUT2D eigenvalue weighted by atomic mass is 79.9. The second-order valence-electron chi connectivity index (χ2n) is 4.54. The van der Waals surface area contributed by atoms with Crippen LogP contribution in [0, 0.1) is 6.92 Å². The van der Waals surface area contributed by atoms with Crippen LogP contribution in [0.3, 0.4) is 0 Å². The maximum atomic E-state index is 5.80. The normalized spacial score (nSPS) is 11.1. The maximum absolute atomic E-state index is 5.80. The van der Waals surface area contributed by atoms with Gasteiger partial charge in [0.25, 0.3) is 0 Å². The quantitative estimate of drug-likeness (QED) is 0.878. The Labute approximate surface area is 116 Å². The Bertz CT molecular complexity index is 536. The van der Waals surface area contributed by atoms with Crippen molar-refractivity contribution in [3.05, 3.63) is 51.9 Å². The smallest absolute Gasteiger partial charge is 0.118 e. The van der Waals surface area contributed by atoms with Crippen LogP contribution < -0.4 is 5.73 Å². The molecule has 1 aromatic carbocycles. The van der Waals surface area contributed by atoms with Gasteiger partial charge in [-0.05, 0) is 49.9 Å². The Balaban J connectivity index is 2.02. The number of nitrogens with zero attached hydrogens (tertiary/aromatic N) is 1. The minimum absolute atomic E-state index is 0.787. The van der Waals surface area contributed by atoms with E-state index in [0.717, 1.165) is 34.8 Å². The van der Waals surface area contributed by atoms with E-state index < -0.39 is 0 Å². The van der Waals surface area contributed by atoms with Crippen LogP contribution in [0.2, 0.25) is 0 Å². The van der Waals surface area contributed by atoms with E-state index in [2.05, 4.69) is 27.9 Å². The van der Waals surface area contributed by atoms with E-state index in [1.807, 2.05) is 37.3 Å². The molecule has 1 aromatic heterocycles. The van der Waals surface area contributed by atoms with Gasteiger partial charge in [-0.25, -0.2) is 0 Å². The fourth-order valence-electron chi connectivity index (χ4n) is 1.90. The summed E-state index contributed by atoms with van der Waals surface area (Å²) in [5.41, 5.74) is 7.77. The lowest BCUT2D eigenvalue weighted by Crippen LogP contribution is -2.17. The van der Waals surface area contributed by atoms with E-state index in [1.165, 1.54) is 5.56 Å². The molecule has 18 heavy (non-hydrogen) atoms. The second-order valence-corrected chi connectivity index (χ2v) is 5.39. The highest BCUT2D eigenvalue weighted by molar-refractivity contribution is 9.10. The van der Waals surface area contributed by atoms with Gasteiger partial charge < -0.3 is 10.2 Å². The Hall–Kier alpha value is -1.26. The van der Waals surface area contributed by atoms with Crippen molar-refractivity contribution in [1.29, 1.82) is 0 Å². The van der Waals surface area contributed by atoms with Crippen molar-refractivity contribution < 1.29 is 4.42 Å². The topological polar surface area (TPSA) is 42.4 Å². The van der Waals surface area contributed by atoms with Gasteiger partial charge in [0.05, 0.1) is 6.54 Å². The summed E-state index contributed by atoms with van der Waals surface area (Å²) in [6.45, 7) is 3.57. The molecule has 0 amide bonds. The zero-order valence-electron chi connectivity index (χ0n) is 10.6. The molecule has 0 aliphatic heterocycles. The van der Waals surface area contributed by atoms with Gasteiger partial charge >= 0.3 is 0 Å². The molecule has 2 aromatic rings. The van der Waals surface area contributed by atoms with Gasteiger partial charge in [0.15, 0.2) is 0 Å². The minimum Gasteiger partial charge on any atom is -0.465 e. The summed E-state index contributed by atoms with van der Waals surface area (Å²) >= 11 is 3.54. The molecule has 0 bridgehead atoms. The van der Waals surface area contributed by atoms with Gasteiger partial charge in [-0.3, -0.25) is 4.90 Å². The van der Waals surface area contributed by atoms with Crippen LogP contribution >= 0.6 is 15.9 Å². The summed E-state index contributed by atoms with van der Waals surface area (Å²) in [5, 5.41) is 0. The molecule has 0 fully saturated rings. The fraction of sp³-hybridized carbons (Fsp3) is 0.286. The first kappa shape index (κ1) is 13.2. The van der Waals surface area contributed by atoms with Crippen LogP contribution in [0.5, 0.6) is 0 Å². The molecule has 4 heteroatoms. The van der Waals surface area contributed by atoms with Crippen molar-refractivity contribution in [3.8, 4) is 0 Å². The van der Waals surface area contributed by atoms with Crippen molar-refractivity contribution in [3.63, 3.8) is 0 Å². The van der Waals surface area contributed by atoms with Crippen molar-refractivity contribution in [2.75, 3.05) is 12.8 Å². The number of nitrogen functional groups attached to an aromatic ring is 1. The van der Waals surface area contributed by atoms with Crippen molar-refractivity contribution in [1.82, 2.24) is 4.90 Å². The molecule has 96 valence electrons. The number of anilines is 1. The van der Waals surface area contributed by atoms with E-state index in [0.29, 0.717) is 0 Å². The number of hydrogen-bond donors (Lipinski definition) is 1. The number of rotatable bonds is 4. The van der Waals surface area contributed by atoms with Gasteiger partial charge in [0, 0.05) is 16.7 Å². The molecule has 2 rings (SSSR count).